The molecule has 0 atom stereocenters. The zero-order chi connectivity index (χ0) is 11.7. The summed E-state index contributed by atoms with van der Waals surface area (Å²) in [5, 5.41) is 4.15. The molecule has 0 bridgehead atoms. The Bertz CT molecular complexity index is 529. The van der Waals surface area contributed by atoms with Gasteiger partial charge in [-0.15, -0.1) is 0 Å². The van der Waals surface area contributed by atoms with Crippen LogP contribution in [-0.2, 0) is 0 Å². The standard InChI is InChI=1S/C12H14N2O2/c1-8(2)12(15)10-6-13-14-7-9(16-3)4-5-11(10)14/h4-8H,1-3H3. The van der Waals surface area contributed by atoms with Crippen molar-refractivity contribution in [2.24, 2.45) is 5.92 Å². The molecule has 0 N–H and O–H groups in total. The third-order valence-corrected chi connectivity index (χ3v) is 2.51. The van der Waals surface area contributed by atoms with Crippen LogP contribution >= 0.6 is 0 Å². The van der Waals surface area contributed by atoms with Gasteiger partial charge in [-0.05, 0) is 12.1 Å². The maximum atomic E-state index is 11.9. The summed E-state index contributed by atoms with van der Waals surface area (Å²) < 4.78 is 6.75. The smallest absolute Gasteiger partial charge is 0.169 e. The molecule has 0 aromatic carbocycles. The molecule has 2 aromatic heterocycles. The van der Waals surface area contributed by atoms with Gasteiger partial charge in [-0.25, -0.2) is 4.52 Å². The van der Waals surface area contributed by atoms with E-state index in [1.807, 2.05) is 26.0 Å². The van der Waals surface area contributed by atoms with Crippen LogP contribution < -0.4 is 4.74 Å². The van der Waals surface area contributed by atoms with Crippen LogP contribution in [0.25, 0.3) is 5.52 Å². The predicted molar refractivity (Wildman–Crippen MR) is 60.9 cm³/mol. The highest BCUT2D eigenvalue weighted by Gasteiger charge is 2.15. The van der Waals surface area contributed by atoms with E-state index in [0.717, 1.165) is 11.3 Å². The number of ketones is 1. The molecule has 0 aliphatic rings. The number of methoxy groups -OCH3 is 1. The number of hydrogen-bond acceptors (Lipinski definition) is 3. The molecule has 0 aliphatic carbocycles. The number of ether oxygens (including phenoxy) is 1. The summed E-state index contributed by atoms with van der Waals surface area (Å²) in [5.41, 5.74) is 1.48. The van der Waals surface area contributed by atoms with Crippen LogP contribution in [0.4, 0.5) is 0 Å². The third-order valence-electron chi connectivity index (χ3n) is 2.51. The highest BCUT2D eigenvalue weighted by Crippen LogP contribution is 2.18. The molecule has 0 saturated carbocycles. The Labute approximate surface area is 93.8 Å². The Morgan fingerprint density at radius 1 is 1.44 bits per heavy atom. The summed E-state index contributed by atoms with van der Waals surface area (Å²) in [6, 6.07) is 3.68. The second kappa shape index (κ2) is 3.96. The lowest BCUT2D eigenvalue weighted by Gasteiger charge is -2.03. The van der Waals surface area contributed by atoms with Gasteiger partial charge in [0, 0.05) is 5.92 Å². The second-order valence-electron chi connectivity index (χ2n) is 3.98. The average Bonchev–Trinajstić information content (AvgIpc) is 2.70. The SMILES string of the molecule is COc1ccc2c(C(=O)C(C)C)cnn2c1. The van der Waals surface area contributed by atoms with E-state index in [1.54, 1.807) is 24.0 Å². The van der Waals surface area contributed by atoms with Crippen molar-refractivity contribution in [2.75, 3.05) is 7.11 Å². The molecule has 0 aliphatic heterocycles. The number of pyridine rings is 1. The van der Waals surface area contributed by atoms with Crippen LogP contribution in [0.1, 0.15) is 24.2 Å². The molecule has 0 radical (unpaired) electrons. The summed E-state index contributed by atoms with van der Waals surface area (Å²) in [4.78, 5) is 11.9. The number of hydrogen-bond donors (Lipinski definition) is 0. The van der Waals surface area contributed by atoms with Gasteiger partial charge in [-0.2, -0.15) is 5.10 Å². The summed E-state index contributed by atoms with van der Waals surface area (Å²) in [5.74, 6) is 0.814. The maximum absolute atomic E-state index is 11.9. The molecule has 0 spiro atoms. The molecule has 4 nitrogen and oxygen atoms in total. The predicted octanol–water partition coefficient (Wildman–Crippen LogP) is 2.18. The number of fused-ring (bicyclic) bond motifs is 1. The molecular formula is C12H14N2O2. The van der Waals surface area contributed by atoms with E-state index < -0.39 is 0 Å². The number of carbonyl (C=O) groups excluding carboxylic acids is 1. The molecule has 84 valence electrons. The van der Waals surface area contributed by atoms with Crippen LogP contribution in [0.5, 0.6) is 5.75 Å². The van der Waals surface area contributed by atoms with Crippen LogP contribution in [-0.4, -0.2) is 22.5 Å². The quantitative estimate of drug-likeness (QED) is 0.742. The second-order valence-corrected chi connectivity index (χ2v) is 3.98. The van der Waals surface area contributed by atoms with E-state index in [4.69, 9.17) is 4.74 Å². The number of carbonyl (C=O) groups is 1. The number of aromatic nitrogens is 2. The molecular weight excluding hydrogens is 204 g/mol. The van der Waals surface area contributed by atoms with Gasteiger partial charge in [0.1, 0.15) is 5.75 Å². The zero-order valence-corrected chi connectivity index (χ0v) is 9.60. The van der Waals surface area contributed by atoms with Crippen molar-refractivity contribution in [2.45, 2.75) is 13.8 Å². The molecule has 2 heterocycles. The van der Waals surface area contributed by atoms with E-state index in [1.165, 1.54) is 0 Å². The van der Waals surface area contributed by atoms with E-state index in [2.05, 4.69) is 5.10 Å². The Balaban J connectivity index is 2.53. The van der Waals surface area contributed by atoms with Gasteiger partial charge in [0.25, 0.3) is 0 Å². The first-order valence-electron chi connectivity index (χ1n) is 5.19. The lowest BCUT2D eigenvalue weighted by atomic mass is 10.0. The highest BCUT2D eigenvalue weighted by atomic mass is 16.5. The Hall–Kier alpha value is -1.84. The van der Waals surface area contributed by atoms with Gasteiger partial charge >= 0.3 is 0 Å². The van der Waals surface area contributed by atoms with Gasteiger partial charge in [0.15, 0.2) is 5.78 Å². The van der Waals surface area contributed by atoms with Crippen molar-refractivity contribution >= 4 is 11.3 Å². The van der Waals surface area contributed by atoms with Crippen LogP contribution in [0, 0.1) is 5.92 Å². The molecule has 0 fully saturated rings. The fraction of sp³-hybridized carbons (Fsp3) is 0.333. The summed E-state index contributed by atoms with van der Waals surface area (Å²) in [7, 11) is 1.60. The zero-order valence-electron chi connectivity index (χ0n) is 9.60. The molecule has 16 heavy (non-hydrogen) atoms. The van der Waals surface area contributed by atoms with E-state index >= 15 is 0 Å². The van der Waals surface area contributed by atoms with Crippen LogP contribution in [0.2, 0.25) is 0 Å². The first-order valence-corrected chi connectivity index (χ1v) is 5.19. The van der Waals surface area contributed by atoms with Gasteiger partial charge < -0.3 is 4.74 Å². The number of rotatable bonds is 3. The van der Waals surface area contributed by atoms with Gasteiger partial charge in [-0.1, -0.05) is 13.8 Å². The highest BCUT2D eigenvalue weighted by molar-refractivity contribution is 6.03. The van der Waals surface area contributed by atoms with Crippen LogP contribution in [0.15, 0.2) is 24.5 Å². The molecule has 4 heteroatoms. The fourth-order valence-electron chi connectivity index (χ4n) is 1.59. The fourth-order valence-corrected chi connectivity index (χ4v) is 1.59. The maximum Gasteiger partial charge on any atom is 0.169 e. The first-order chi connectivity index (χ1) is 7.63. The van der Waals surface area contributed by atoms with Crippen molar-refractivity contribution in [3.05, 3.63) is 30.1 Å². The largest absolute Gasteiger partial charge is 0.495 e. The van der Waals surface area contributed by atoms with Crippen molar-refractivity contribution in [3.8, 4) is 5.75 Å². The van der Waals surface area contributed by atoms with E-state index in [-0.39, 0.29) is 11.7 Å². The lowest BCUT2D eigenvalue weighted by molar-refractivity contribution is 0.0941. The molecule has 2 aromatic rings. The first kappa shape index (κ1) is 10.7. The van der Waals surface area contributed by atoms with Gasteiger partial charge in [0.05, 0.1) is 30.6 Å². The monoisotopic (exact) mass is 218 g/mol. The topological polar surface area (TPSA) is 43.6 Å². The minimum atomic E-state index is -0.0184. The van der Waals surface area contributed by atoms with Crippen molar-refractivity contribution in [1.29, 1.82) is 0 Å². The van der Waals surface area contributed by atoms with Gasteiger partial charge in [0.2, 0.25) is 0 Å². The summed E-state index contributed by atoms with van der Waals surface area (Å²) in [6.07, 6.45) is 3.36. The summed E-state index contributed by atoms with van der Waals surface area (Å²) in [6.45, 7) is 3.77. The molecule has 0 amide bonds. The van der Waals surface area contributed by atoms with Crippen LogP contribution in [0.3, 0.4) is 0 Å². The molecule has 0 unspecified atom stereocenters. The Kier molecular flexibility index (Phi) is 2.64. The van der Waals surface area contributed by atoms with Crippen molar-refractivity contribution < 1.29 is 9.53 Å². The lowest BCUT2D eigenvalue weighted by Crippen LogP contribution is -2.06. The molecule has 2 rings (SSSR count). The van der Waals surface area contributed by atoms with Gasteiger partial charge in [-0.3, -0.25) is 4.79 Å². The average molecular weight is 218 g/mol. The number of Topliss-reactive ketones (excluding diaryl/α,β-unsaturated/α-hetero) is 1. The Morgan fingerprint density at radius 2 is 2.19 bits per heavy atom. The summed E-state index contributed by atoms with van der Waals surface area (Å²) >= 11 is 0. The van der Waals surface area contributed by atoms with E-state index in [0.29, 0.717) is 5.56 Å². The Morgan fingerprint density at radius 3 is 2.81 bits per heavy atom. The minimum absolute atomic E-state index is 0.0184. The van der Waals surface area contributed by atoms with E-state index in [9.17, 15) is 4.79 Å². The third kappa shape index (κ3) is 1.66. The normalized spacial score (nSPS) is 11.0. The van der Waals surface area contributed by atoms with Crippen molar-refractivity contribution in [1.82, 2.24) is 9.61 Å². The van der Waals surface area contributed by atoms with Crippen molar-refractivity contribution in [3.63, 3.8) is 0 Å². The number of nitrogens with zero attached hydrogens (tertiary/aromatic N) is 2. The molecule has 0 saturated heterocycles. The minimum Gasteiger partial charge on any atom is -0.495 e.